The molecule has 0 saturated carbocycles. The molecular weight excluding hydrogens is 412 g/mol. The minimum Gasteiger partial charge on any atom is -0.487 e. The summed E-state index contributed by atoms with van der Waals surface area (Å²) in [7, 11) is -3.92. The average molecular weight is 439 g/mol. The Morgan fingerprint density at radius 1 is 1.28 bits per heavy atom. The van der Waals surface area contributed by atoms with Crippen LogP contribution in [-0.2, 0) is 14.8 Å². The summed E-state index contributed by atoms with van der Waals surface area (Å²) in [5, 5.41) is 10.3. The summed E-state index contributed by atoms with van der Waals surface area (Å²) in [5.41, 5.74) is 0.366. The number of ether oxygens (including phenoxy) is 1. The van der Waals surface area contributed by atoms with Crippen LogP contribution in [0.15, 0.2) is 28.6 Å². The summed E-state index contributed by atoms with van der Waals surface area (Å²) in [6, 6.07) is 7.02. The van der Waals surface area contributed by atoms with Crippen molar-refractivity contribution in [3.05, 3.63) is 29.8 Å². The van der Waals surface area contributed by atoms with Crippen LogP contribution in [0.25, 0.3) is 0 Å². The molecule has 2 heterocycles. The fraction of sp³-hybridized carbons (Fsp3) is 0.526. The first-order valence-corrected chi connectivity index (χ1v) is 11.9. The molecule has 2 aromatic rings. The maximum atomic E-state index is 13.0. The Morgan fingerprint density at radius 2 is 1.97 bits per heavy atom. The molecule has 1 atom stereocenters. The third-order valence-corrected chi connectivity index (χ3v) is 7.85. The van der Waals surface area contributed by atoms with Gasteiger partial charge >= 0.3 is 0 Å². The summed E-state index contributed by atoms with van der Waals surface area (Å²) in [6.45, 7) is 7.56. The van der Waals surface area contributed by atoms with Gasteiger partial charge in [-0.1, -0.05) is 57.2 Å². The van der Waals surface area contributed by atoms with Crippen molar-refractivity contribution >= 4 is 32.4 Å². The zero-order valence-corrected chi connectivity index (χ0v) is 18.6. The van der Waals surface area contributed by atoms with Crippen LogP contribution in [-0.4, -0.2) is 30.1 Å². The maximum Gasteiger partial charge on any atom is 0.270 e. The molecule has 158 valence electrons. The quantitative estimate of drug-likeness (QED) is 0.640. The van der Waals surface area contributed by atoms with Gasteiger partial charge in [0.15, 0.2) is 0 Å². The maximum absolute atomic E-state index is 13.0. The second-order valence-corrected chi connectivity index (χ2v) is 10.3. The Balaban J connectivity index is 1.86. The molecule has 0 aliphatic carbocycles. The Kier molecular flexibility index (Phi) is 6.25. The van der Waals surface area contributed by atoms with Crippen molar-refractivity contribution in [2.75, 3.05) is 5.32 Å². The minimum absolute atomic E-state index is 0.160. The number of carbonyl (C=O) groups excluding carboxylic acids is 1. The lowest BCUT2D eigenvalue weighted by atomic mass is 9.84. The number of para-hydroxylation sites is 1. The molecule has 1 aliphatic heterocycles. The van der Waals surface area contributed by atoms with Gasteiger partial charge in [-0.15, -0.1) is 10.2 Å². The smallest absolute Gasteiger partial charge is 0.270 e. The van der Waals surface area contributed by atoms with Crippen LogP contribution in [0.3, 0.4) is 0 Å². The highest BCUT2D eigenvalue weighted by molar-refractivity contribution is 7.91. The molecule has 8 nitrogen and oxygen atoms in total. The van der Waals surface area contributed by atoms with Crippen molar-refractivity contribution in [2.24, 2.45) is 5.92 Å². The number of anilines is 1. The molecule has 1 aromatic heterocycles. The van der Waals surface area contributed by atoms with E-state index in [2.05, 4.69) is 20.2 Å². The normalized spacial score (nSPS) is 18.2. The second kappa shape index (κ2) is 8.37. The first kappa shape index (κ1) is 21.7. The average Bonchev–Trinajstić information content (AvgIpc) is 3.17. The Morgan fingerprint density at radius 3 is 2.62 bits per heavy atom. The van der Waals surface area contributed by atoms with E-state index >= 15 is 0 Å². The summed E-state index contributed by atoms with van der Waals surface area (Å²) in [4.78, 5) is 11.8. The van der Waals surface area contributed by atoms with E-state index in [9.17, 15) is 13.2 Å². The number of benzene rings is 1. The number of carbonyl (C=O) groups is 1. The van der Waals surface area contributed by atoms with E-state index in [0.717, 1.165) is 29.7 Å². The largest absolute Gasteiger partial charge is 0.487 e. The molecule has 3 rings (SSSR count). The highest BCUT2D eigenvalue weighted by Crippen LogP contribution is 2.43. The molecular formula is C19H26N4O4S2. The lowest BCUT2D eigenvalue weighted by molar-refractivity contribution is -0.118. The SMILES string of the molecule is CCC1(CC)C[C@@H](NS(=O)(=O)c2nnc(NC(=O)C(C)C)s2)c2ccccc2O1. The summed E-state index contributed by atoms with van der Waals surface area (Å²) < 4.78 is 34.8. The lowest BCUT2D eigenvalue weighted by Gasteiger charge is -2.41. The molecule has 0 radical (unpaired) electrons. The molecule has 0 fully saturated rings. The summed E-state index contributed by atoms with van der Waals surface area (Å²) in [5.74, 6) is 0.205. The van der Waals surface area contributed by atoms with Crippen molar-refractivity contribution < 1.29 is 17.9 Å². The third kappa shape index (κ3) is 4.59. The van der Waals surface area contributed by atoms with Gasteiger partial charge in [-0.3, -0.25) is 4.79 Å². The van der Waals surface area contributed by atoms with Gasteiger partial charge < -0.3 is 10.1 Å². The molecule has 0 saturated heterocycles. The van der Waals surface area contributed by atoms with E-state index in [0.29, 0.717) is 12.2 Å². The van der Waals surface area contributed by atoms with E-state index < -0.39 is 21.7 Å². The van der Waals surface area contributed by atoms with E-state index in [4.69, 9.17) is 4.74 Å². The number of sulfonamides is 1. The first-order chi connectivity index (χ1) is 13.7. The zero-order chi connectivity index (χ0) is 21.2. The Labute approximate surface area is 175 Å². The van der Waals surface area contributed by atoms with Gasteiger partial charge in [0.25, 0.3) is 10.0 Å². The fourth-order valence-electron chi connectivity index (χ4n) is 3.26. The molecule has 10 heteroatoms. The van der Waals surface area contributed by atoms with Gasteiger partial charge in [0.1, 0.15) is 11.4 Å². The summed E-state index contributed by atoms with van der Waals surface area (Å²) in [6.07, 6.45) is 2.05. The molecule has 2 N–H and O–H groups in total. The number of rotatable bonds is 7. The lowest BCUT2D eigenvalue weighted by Crippen LogP contribution is -2.44. The predicted molar refractivity (Wildman–Crippen MR) is 111 cm³/mol. The van der Waals surface area contributed by atoms with Crippen LogP contribution in [0.4, 0.5) is 5.13 Å². The predicted octanol–water partition coefficient (Wildman–Crippen LogP) is 3.49. The Bertz CT molecular complexity index is 984. The van der Waals surface area contributed by atoms with Crippen LogP contribution in [0.2, 0.25) is 0 Å². The summed E-state index contributed by atoms with van der Waals surface area (Å²) >= 11 is 0.831. The number of nitrogens with zero attached hydrogens (tertiary/aromatic N) is 2. The van der Waals surface area contributed by atoms with Gasteiger partial charge in [-0.2, -0.15) is 0 Å². The molecule has 29 heavy (non-hydrogen) atoms. The van der Waals surface area contributed by atoms with E-state index in [1.54, 1.807) is 13.8 Å². The number of hydrogen-bond donors (Lipinski definition) is 2. The van der Waals surface area contributed by atoms with Gasteiger partial charge in [-0.05, 0) is 18.9 Å². The second-order valence-electron chi connectivity index (χ2n) is 7.43. The number of nitrogens with one attached hydrogen (secondary N) is 2. The van der Waals surface area contributed by atoms with Gasteiger partial charge in [0, 0.05) is 17.9 Å². The monoisotopic (exact) mass is 438 g/mol. The highest BCUT2D eigenvalue weighted by Gasteiger charge is 2.40. The van der Waals surface area contributed by atoms with Crippen molar-refractivity contribution in [1.29, 1.82) is 0 Å². The molecule has 1 aromatic carbocycles. The van der Waals surface area contributed by atoms with Crippen molar-refractivity contribution in [3.63, 3.8) is 0 Å². The van der Waals surface area contributed by atoms with Crippen molar-refractivity contribution in [3.8, 4) is 5.75 Å². The standard InChI is InChI=1S/C19H26N4O4S2/c1-5-19(6-2)11-14(13-9-7-8-10-15(13)27-19)23-29(25,26)18-22-21-17(28-18)20-16(24)12(3)4/h7-10,12,14,23H,5-6,11H2,1-4H3,(H,20,21,24)/t14-/m1/s1. The number of aromatic nitrogens is 2. The molecule has 1 aliphatic rings. The first-order valence-electron chi connectivity index (χ1n) is 9.64. The van der Waals surface area contributed by atoms with Crippen LogP contribution in [0.5, 0.6) is 5.75 Å². The molecule has 1 amide bonds. The highest BCUT2D eigenvalue weighted by atomic mass is 32.2. The number of fused-ring (bicyclic) bond motifs is 1. The van der Waals surface area contributed by atoms with Crippen LogP contribution < -0.4 is 14.8 Å². The van der Waals surface area contributed by atoms with Crippen LogP contribution >= 0.6 is 11.3 Å². The zero-order valence-electron chi connectivity index (χ0n) is 16.9. The Hall–Kier alpha value is -2.04. The van der Waals surface area contributed by atoms with E-state index in [1.807, 2.05) is 38.1 Å². The molecule has 0 spiro atoms. The van der Waals surface area contributed by atoms with Crippen LogP contribution in [0.1, 0.15) is 58.6 Å². The van der Waals surface area contributed by atoms with Crippen molar-refractivity contribution in [2.45, 2.75) is 62.9 Å². The van der Waals surface area contributed by atoms with Crippen LogP contribution in [0, 0.1) is 5.92 Å². The van der Waals surface area contributed by atoms with Gasteiger partial charge in [0.05, 0.1) is 6.04 Å². The fourth-order valence-corrected chi connectivity index (χ4v) is 5.40. The topological polar surface area (TPSA) is 110 Å². The van der Waals surface area contributed by atoms with Crippen molar-refractivity contribution in [1.82, 2.24) is 14.9 Å². The molecule has 0 bridgehead atoms. The number of hydrogen-bond acceptors (Lipinski definition) is 7. The van der Waals surface area contributed by atoms with E-state index in [-0.39, 0.29) is 21.3 Å². The minimum atomic E-state index is -3.92. The third-order valence-electron chi connectivity index (χ3n) is 5.17. The number of amides is 1. The van der Waals surface area contributed by atoms with Gasteiger partial charge in [0.2, 0.25) is 15.4 Å². The van der Waals surface area contributed by atoms with E-state index in [1.165, 1.54) is 0 Å². The van der Waals surface area contributed by atoms with Gasteiger partial charge in [-0.25, -0.2) is 13.1 Å². The molecule has 0 unspecified atom stereocenters.